The second-order valence-corrected chi connectivity index (χ2v) is 7.46. The van der Waals surface area contributed by atoms with E-state index in [2.05, 4.69) is 6.92 Å². The fraction of sp³-hybridized carbons (Fsp3) is 0.600. The van der Waals surface area contributed by atoms with Crippen LogP contribution >= 0.6 is 0 Å². The number of rotatable bonds is 4. The normalized spacial score (nSPS) is 21.1. The number of benzene rings is 1. The maximum atomic E-state index is 12.7. The topological polar surface area (TPSA) is 57.6 Å². The van der Waals surface area contributed by atoms with Crippen molar-refractivity contribution >= 4 is 10.0 Å². The standard InChI is InChI=1S/C15H23NO3S/c1-3-13-5-4-8-16(10-13)20(18,19)15-7-6-12(2)14(9-15)11-17/h6-7,9,13,17H,3-5,8,10-11H2,1-2H3. The molecule has 1 aromatic rings. The highest BCUT2D eigenvalue weighted by Gasteiger charge is 2.29. The SMILES string of the molecule is CCC1CCCN(S(=O)(=O)c2ccc(C)c(CO)c2)C1. The third-order valence-electron chi connectivity index (χ3n) is 4.19. The molecule has 1 heterocycles. The van der Waals surface area contributed by atoms with E-state index in [0.29, 0.717) is 29.5 Å². The Labute approximate surface area is 121 Å². The van der Waals surface area contributed by atoms with Crippen molar-refractivity contribution in [3.05, 3.63) is 29.3 Å². The molecule has 0 spiro atoms. The molecule has 4 nitrogen and oxygen atoms in total. The molecule has 0 aromatic heterocycles. The minimum Gasteiger partial charge on any atom is -0.392 e. The summed E-state index contributed by atoms with van der Waals surface area (Å²) < 4.78 is 26.9. The van der Waals surface area contributed by atoms with Gasteiger partial charge in [0.2, 0.25) is 10.0 Å². The molecule has 1 aliphatic rings. The fourth-order valence-corrected chi connectivity index (χ4v) is 4.31. The number of aryl methyl sites for hydroxylation is 1. The van der Waals surface area contributed by atoms with Crippen LogP contribution in [0.3, 0.4) is 0 Å². The van der Waals surface area contributed by atoms with Crippen LogP contribution in [0.15, 0.2) is 23.1 Å². The van der Waals surface area contributed by atoms with Crippen LogP contribution in [-0.4, -0.2) is 30.9 Å². The second-order valence-electron chi connectivity index (χ2n) is 5.53. The first-order chi connectivity index (χ1) is 9.48. The highest BCUT2D eigenvalue weighted by Crippen LogP contribution is 2.26. The Morgan fingerprint density at radius 3 is 2.80 bits per heavy atom. The Balaban J connectivity index is 2.30. The number of nitrogens with zero attached hydrogens (tertiary/aromatic N) is 1. The molecule has 1 unspecified atom stereocenters. The molecule has 1 atom stereocenters. The van der Waals surface area contributed by atoms with Crippen LogP contribution < -0.4 is 0 Å². The van der Waals surface area contributed by atoms with E-state index in [4.69, 9.17) is 0 Å². The van der Waals surface area contributed by atoms with Gasteiger partial charge in [-0.05, 0) is 48.9 Å². The summed E-state index contributed by atoms with van der Waals surface area (Å²) in [5, 5.41) is 9.29. The number of piperidine rings is 1. The average molecular weight is 297 g/mol. The maximum absolute atomic E-state index is 12.7. The first-order valence-corrected chi connectivity index (χ1v) is 8.63. The Hall–Kier alpha value is -0.910. The molecule has 0 aliphatic carbocycles. The Morgan fingerprint density at radius 2 is 2.15 bits per heavy atom. The van der Waals surface area contributed by atoms with Gasteiger partial charge in [-0.25, -0.2) is 8.42 Å². The lowest BCUT2D eigenvalue weighted by Gasteiger charge is -2.31. The van der Waals surface area contributed by atoms with E-state index in [1.807, 2.05) is 6.92 Å². The van der Waals surface area contributed by atoms with Gasteiger partial charge in [0.25, 0.3) is 0 Å². The van der Waals surface area contributed by atoms with E-state index in [-0.39, 0.29) is 6.61 Å². The monoisotopic (exact) mass is 297 g/mol. The molecule has 0 amide bonds. The van der Waals surface area contributed by atoms with Crippen molar-refractivity contribution in [2.75, 3.05) is 13.1 Å². The lowest BCUT2D eigenvalue weighted by atomic mass is 9.97. The molecule has 2 rings (SSSR count). The van der Waals surface area contributed by atoms with Gasteiger partial charge in [0.1, 0.15) is 0 Å². The van der Waals surface area contributed by atoms with Crippen molar-refractivity contribution in [1.29, 1.82) is 0 Å². The van der Waals surface area contributed by atoms with Crippen LogP contribution in [0, 0.1) is 12.8 Å². The third kappa shape index (κ3) is 3.05. The summed E-state index contributed by atoms with van der Waals surface area (Å²) >= 11 is 0. The molecule has 1 N–H and O–H groups in total. The van der Waals surface area contributed by atoms with Gasteiger partial charge in [-0.15, -0.1) is 0 Å². The number of aliphatic hydroxyl groups excluding tert-OH is 1. The number of aliphatic hydroxyl groups is 1. The highest BCUT2D eigenvalue weighted by atomic mass is 32.2. The molecule has 1 saturated heterocycles. The summed E-state index contributed by atoms with van der Waals surface area (Å²) in [6.45, 7) is 5.06. The summed E-state index contributed by atoms with van der Waals surface area (Å²) in [6.07, 6.45) is 3.05. The van der Waals surface area contributed by atoms with Crippen LogP contribution in [0.1, 0.15) is 37.3 Å². The van der Waals surface area contributed by atoms with E-state index in [1.165, 1.54) is 0 Å². The van der Waals surface area contributed by atoms with Crippen molar-refractivity contribution < 1.29 is 13.5 Å². The lowest BCUT2D eigenvalue weighted by molar-refractivity contribution is 0.261. The van der Waals surface area contributed by atoms with Gasteiger partial charge in [0, 0.05) is 13.1 Å². The summed E-state index contributed by atoms with van der Waals surface area (Å²) in [7, 11) is -3.43. The fourth-order valence-electron chi connectivity index (χ4n) is 2.71. The van der Waals surface area contributed by atoms with Gasteiger partial charge in [0.05, 0.1) is 11.5 Å². The molecule has 1 fully saturated rings. The third-order valence-corrected chi connectivity index (χ3v) is 6.05. The molecule has 1 aromatic carbocycles. The second kappa shape index (κ2) is 6.24. The van der Waals surface area contributed by atoms with Crippen LogP contribution in [0.2, 0.25) is 0 Å². The van der Waals surface area contributed by atoms with E-state index in [0.717, 1.165) is 24.8 Å². The van der Waals surface area contributed by atoms with Crippen molar-refractivity contribution in [3.63, 3.8) is 0 Å². The average Bonchev–Trinajstić information content (AvgIpc) is 2.47. The molecular formula is C15H23NO3S. The molecule has 0 saturated carbocycles. The van der Waals surface area contributed by atoms with Gasteiger partial charge in [0.15, 0.2) is 0 Å². The minimum absolute atomic E-state index is 0.132. The van der Waals surface area contributed by atoms with Gasteiger partial charge in [-0.3, -0.25) is 0 Å². The predicted octanol–water partition coefficient (Wildman–Crippen LogP) is 2.30. The summed E-state index contributed by atoms with van der Waals surface area (Å²) in [5.74, 6) is 0.460. The Bertz CT molecular complexity index is 568. The van der Waals surface area contributed by atoms with Crippen molar-refractivity contribution in [2.45, 2.75) is 44.6 Å². The summed E-state index contributed by atoms with van der Waals surface area (Å²) in [5.41, 5.74) is 1.59. The van der Waals surface area contributed by atoms with Crippen molar-refractivity contribution in [3.8, 4) is 0 Å². The minimum atomic E-state index is -3.43. The van der Waals surface area contributed by atoms with Crippen LogP contribution in [0.4, 0.5) is 0 Å². The molecule has 5 heteroatoms. The largest absolute Gasteiger partial charge is 0.392 e. The smallest absolute Gasteiger partial charge is 0.243 e. The molecular weight excluding hydrogens is 274 g/mol. The molecule has 1 aliphatic heterocycles. The molecule has 0 radical (unpaired) electrons. The molecule has 20 heavy (non-hydrogen) atoms. The molecule has 0 bridgehead atoms. The zero-order valence-corrected chi connectivity index (χ0v) is 13.0. The van der Waals surface area contributed by atoms with Gasteiger partial charge in [-0.1, -0.05) is 19.4 Å². The van der Waals surface area contributed by atoms with Crippen molar-refractivity contribution in [1.82, 2.24) is 4.31 Å². The first kappa shape index (κ1) is 15.5. The van der Waals surface area contributed by atoms with Crippen molar-refractivity contribution in [2.24, 2.45) is 5.92 Å². The summed E-state index contributed by atoms with van der Waals surface area (Å²) in [6, 6.07) is 5.00. The summed E-state index contributed by atoms with van der Waals surface area (Å²) in [4.78, 5) is 0.295. The van der Waals surface area contributed by atoms with E-state index in [9.17, 15) is 13.5 Å². The quantitative estimate of drug-likeness (QED) is 0.927. The zero-order valence-electron chi connectivity index (χ0n) is 12.2. The van der Waals surface area contributed by atoms with Gasteiger partial charge >= 0.3 is 0 Å². The predicted molar refractivity (Wildman–Crippen MR) is 78.9 cm³/mol. The molecule has 112 valence electrons. The lowest BCUT2D eigenvalue weighted by Crippen LogP contribution is -2.39. The number of hydrogen-bond acceptors (Lipinski definition) is 3. The van der Waals surface area contributed by atoms with Crippen LogP contribution in [0.25, 0.3) is 0 Å². The van der Waals surface area contributed by atoms with Crippen LogP contribution in [-0.2, 0) is 16.6 Å². The highest BCUT2D eigenvalue weighted by molar-refractivity contribution is 7.89. The number of sulfonamides is 1. The zero-order chi connectivity index (χ0) is 14.8. The van der Waals surface area contributed by atoms with Crippen LogP contribution in [0.5, 0.6) is 0 Å². The van der Waals surface area contributed by atoms with Gasteiger partial charge in [-0.2, -0.15) is 4.31 Å². The Kier molecular flexibility index (Phi) is 4.83. The van der Waals surface area contributed by atoms with Gasteiger partial charge < -0.3 is 5.11 Å². The first-order valence-electron chi connectivity index (χ1n) is 7.19. The number of hydrogen-bond donors (Lipinski definition) is 1. The van der Waals surface area contributed by atoms with E-state index < -0.39 is 10.0 Å². The Morgan fingerprint density at radius 1 is 1.40 bits per heavy atom. The van der Waals surface area contributed by atoms with E-state index >= 15 is 0 Å². The maximum Gasteiger partial charge on any atom is 0.243 e. The van der Waals surface area contributed by atoms with E-state index in [1.54, 1.807) is 22.5 Å².